The van der Waals surface area contributed by atoms with Crippen molar-refractivity contribution in [3.8, 4) is 0 Å². The number of alkyl halides is 2. The lowest BCUT2D eigenvalue weighted by Crippen LogP contribution is -2.31. The summed E-state index contributed by atoms with van der Waals surface area (Å²) in [6.07, 6.45) is 6.49. The maximum absolute atomic E-state index is 12.6. The van der Waals surface area contributed by atoms with E-state index in [1.807, 2.05) is 0 Å². The molecule has 1 aliphatic rings. The maximum Gasteiger partial charge on any atom is 0.376 e. The quantitative estimate of drug-likeness (QED) is 0.667. The minimum Gasteiger partial charge on any atom is -0.458 e. The number of ether oxygens (including phenoxy) is 1. The molecule has 0 radical (unpaired) electrons. The summed E-state index contributed by atoms with van der Waals surface area (Å²) in [6, 6.07) is 0. The second-order valence-electron chi connectivity index (χ2n) is 4.26. The van der Waals surface area contributed by atoms with Crippen LogP contribution in [0, 0.1) is 0 Å². The van der Waals surface area contributed by atoms with E-state index in [9.17, 15) is 13.6 Å². The molecule has 0 saturated heterocycles. The molecule has 0 aromatic rings. The summed E-state index contributed by atoms with van der Waals surface area (Å²) < 4.78 is 30.0. The van der Waals surface area contributed by atoms with E-state index in [2.05, 4.69) is 0 Å². The van der Waals surface area contributed by atoms with E-state index in [4.69, 9.17) is 4.74 Å². The number of hydrogen-bond donors (Lipinski definition) is 0. The van der Waals surface area contributed by atoms with Crippen LogP contribution in [0.25, 0.3) is 0 Å². The third kappa shape index (κ3) is 4.58. The van der Waals surface area contributed by atoms with E-state index >= 15 is 0 Å². The molecule has 0 atom stereocenters. The fourth-order valence-corrected chi connectivity index (χ4v) is 1.79. The molecule has 0 aliphatic heterocycles. The summed E-state index contributed by atoms with van der Waals surface area (Å²) in [5.41, 5.74) is 0. The topological polar surface area (TPSA) is 26.3 Å². The van der Waals surface area contributed by atoms with Crippen molar-refractivity contribution < 1.29 is 18.3 Å². The van der Waals surface area contributed by atoms with E-state index in [0.717, 1.165) is 38.5 Å². The van der Waals surface area contributed by atoms with Crippen LogP contribution >= 0.6 is 0 Å². The molecule has 1 aliphatic carbocycles. The lowest BCUT2D eigenvalue weighted by Gasteiger charge is -2.21. The third-order valence-electron chi connectivity index (χ3n) is 2.68. The molecule has 4 heteroatoms. The normalized spacial score (nSPS) is 20.5. The van der Waals surface area contributed by atoms with E-state index in [0.29, 0.717) is 6.92 Å². The molecule has 0 heterocycles. The summed E-state index contributed by atoms with van der Waals surface area (Å²) in [6.45, 7) is 0.582. The molecule has 1 fully saturated rings. The minimum absolute atomic E-state index is 0.302. The average Bonchev–Trinajstić information content (AvgIpc) is 2.07. The molecule has 88 valence electrons. The fraction of sp³-hybridized carbons (Fsp3) is 0.909. The molecule has 0 amide bonds. The molecule has 0 aromatic heterocycles. The number of rotatable bonds is 2. The van der Waals surface area contributed by atoms with Crippen molar-refractivity contribution in [2.75, 3.05) is 0 Å². The van der Waals surface area contributed by atoms with Gasteiger partial charge in [0.1, 0.15) is 6.10 Å². The first-order valence-electron chi connectivity index (χ1n) is 5.59. The average molecular weight is 220 g/mol. The molecule has 2 nitrogen and oxygen atoms in total. The van der Waals surface area contributed by atoms with Gasteiger partial charge in [0, 0.05) is 6.92 Å². The Bertz CT molecular complexity index is 203. The highest BCUT2D eigenvalue weighted by Gasteiger charge is 2.35. The van der Waals surface area contributed by atoms with Gasteiger partial charge in [-0.3, -0.25) is 0 Å². The smallest absolute Gasteiger partial charge is 0.376 e. The predicted molar refractivity (Wildman–Crippen MR) is 52.8 cm³/mol. The van der Waals surface area contributed by atoms with Gasteiger partial charge in [0.05, 0.1) is 0 Å². The number of esters is 1. The Kier molecular flexibility index (Phi) is 4.48. The van der Waals surface area contributed by atoms with E-state index in [1.54, 1.807) is 0 Å². The van der Waals surface area contributed by atoms with Gasteiger partial charge in [0.25, 0.3) is 0 Å². The Balaban J connectivity index is 2.38. The number of carbonyl (C=O) groups excluding carboxylic acids is 1. The van der Waals surface area contributed by atoms with Crippen LogP contribution in [0.3, 0.4) is 0 Å². The van der Waals surface area contributed by atoms with Gasteiger partial charge in [0.2, 0.25) is 0 Å². The molecule has 0 aromatic carbocycles. The van der Waals surface area contributed by atoms with Crippen molar-refractivity contribution in [3.05, 3.63) is 0 Å². The van der Waals surface area contributed by atoms with Gasteiger partial charge in [0.15, 0.2) is 0 Å². The Morgan fingerprint density at radius 3 is 2.07 bits per heavy atom. The second-order valence-corrected chi connectivity index (χ2v) is 4.26. The van der Waals surface area contributed by atoms with Gasteiger partial charge in [-0.25, -0.2) is 4.79 Å². The van der Waals surface area contributed by atoms with Crippen molar-refractivity contribution >= 4 is 5.97 Å². The lowest BCUT2D eigenvalue weighted by atomic mass is 9.98. The van der Waals surface area contributed by atoms with E-state index in [-0.39, 0.29) is 6.10 Å². The Labute approximate surface area is 89.0 Å². The standard InChI is InChI=1S/C11H18F2O2/c1-11(12,13)10(14)15-9-7-5-3-2-4-6-8-9/h9H,2-8H2,1H3. The Morgan fingerprint density at radius 1 is 1.13 bits per heavy atom. The van der Waals surface area contributed by atoms with E-state index < -0.39 is 11.9 Å². The highest BCUT2D eigenvalue weighted by molar-refractivity contribution is 5.77. The van der Waals surface area contributed by atoms with Crippen molar-refractivity contribution in [2.24, 2.45) is 0 Å². The first kappa shape index (κ1) is 12.4. The van der Waals surface area contributed by atoms with Crippen LogP contribution in [0.1, 0.15) is 51.9 Å². The van der Waals surface area contributed by atoms with Crippen molar-refractivity contribution in [1.82, 2.24) is 0 Å². The van der Waals surface area contributed by atoms with Crippen molar-refractivity contribution in [1.29, 1.82) is 0 Å². The monoisotopic (exact) mass is 220 g/mol. The largest absolute Gasteiger partial charge is 0.458 e. The highest BCUT2D eigenvalue weighted by atomic mass is 19.3. The number of hydrogen-bond acceptors (Lipinski definition) is 2. The minimum atomic E-state index is -3.36. The van der Waals surface area contributed by atoms with Crippen molar-refractivity contribution in [2.45, 2.75) is 63.9 Å². The van der Waals surface area contributed by atoms with Gasteiger partial charge >= 0.3 is 11.9 Å². The molecule has 1 saturated carbocycles. The van der Waals surface area contributed by atoms with Gasteiger partial charge in [-0.15, -0.1) is 0 Å². The van der Waals surface area contributed by atoms with Gasteiger partial charge in [-0.1, -0.05) is 19.3 Å². The van der Waals surface area contributed by atoms with Gasteiger partial charge < -0.3 is 4.74 Å². The molecule has 0 spiro atoms. The molecular weight excluding hydrogens is 202 g/mol. The molecule has 0 bridgehead atoms. The summed E-state index contributed by atoms with van der Waals surface area (Å²) in [7, 11) is 0. The summed E-state index contributed by atoms with van der Waals surface area (Å²) >= 11 is 0. The summed E-state index contributed by atoms with van der Waals surface area (Å²) in [4.78, 5) is 11.0. The summed E-state index contributed by atoms with van der Waals surface area (Å²) in [5, 5.41) is 0. The van der Waals surface area contributed by atoms with Gasteiger partial charge in [-0.05, 0) is 25.7 Å². The zero-order chi connectivity index (χ0) is 11.3. The van der Waals surface area contributed by atoms with Crippen LogP contribution in [0.4, 0.5) is 8.78 Å². The number of halogens is 2. The van der Waals surface area contributed by atoms with Crippen LogP contribution < -0.4 is 0 Å². The van der Waals surface area contributed by atoms with Crippen LogP contribution in [-0.2, 0) is 9.53 Å². The van der Waals surface area contributed by atoms with Crippen LogP contribution in [-0.4, -0.2) is 18.0 Å². The fourth-order valence-electron chi connectivity index (χ4n) is 1.79. The molecule has 0 N–H and O–H groups in total. The Hall–Kier alpha value is -0.670. The molecule has 1 rings (SSSR count). The van der Waals surface area contributed by atoms with Crippen molar-refractivity contribution in [3.63, 3.8) is 0 Å². The lowest BCUT2D eigenvalue weighted by molar-refractivity contribution is -0.175. The van der Waals surface area contributed by atoms with Gasteiger partial charge in [-0.2, -0.15) is 8.78 Å². The zero-order valence-electron chi connectivity index (χ0n) is 9.10. The first-order valence-corrected chi connectivity index (χ1v) is 5.59. The van der Waals surface area contributed by atoms with Crippen LogP contribution in [0.2, 0.25) is 0 Å². The summed E-state index contributed by atoms with van der Waals surface area (Å²) in [5.74, 6) is -4.74. The highest BCUT2D eigenvalue weighted by Crippen LogP contribution is 2.22. The SMILES string of the molecule is CC(F)(F)C(=O)OC1CCCCCCC1. The maximum atomic E-state index is 12.6. The van der Waals surface area contributed by atoms with Crippen LogP contribution in [0.5, 0.6) is 0 Å². The molecular formula is C11H18F2O2. The zero-order valence-corrected chi connectivity index (χ0v) is 9.10. The van der Waals surface area contributed by atoms with Crippen LogP contribution in [0.15, 0.2) is 0 Å². The number of carbonyl (C=O) groups is 1. The second kappa shape index (κ2) is 5.42. The predicted octanol–water partition coefficient (Wildman–Crippen LogP) is 3.30. The first-order chi connectivity index (χ1) is 7.00. The van der Waals surface area contributed by atoms with E-state index in [1.165, 1.54) is 6.42 Å². The molecule has 15 heavy (non-hydrogen) atoms. The molecule has 0 unspecified atom stereocenters. The third-order valence-corrected chi connectivity index (χ3v) is 2.68. The Morgan fingerprint density at radius 2 is 1.60 bits per heavy atom.